The first-order chi connectivity index (χ1) is 9.83. The molecular formula is C17H17N3. The largest absolute Gasteiger partial charge is 0.306 e. The van der Waals surface area contributed by atoms with E-state index in [0.29, 0.717) is 6.04 Å². The smallest absolute Gasteiger partial charge is 0.0346 e. The van der Waals surface area contributed by atoms with Crippen LogP contribution in [0.15, 0.2) is 61.2 Å². The summed E-state index contributed by atoms with van der Waals surface area (Å²) < 4.78 is 0. The third-order valence-electron chi connectivity index (χ3n) is 3.52. The Hall–Kier alpha value is -2.26. The van der Waals surface area contributed by atoms with Crippen LogP contribution >= 0.6 is 0 Å². The molecule has 1 unspecified atom stereocenters. The summed E-state index contributed by atoms with van der Waals surface area (Å²) >= 11 is 0. The third-order valence-corrected chi connectivity index (χ3v) is 3.52. The van der Waals surface area contributed by atoms with Crippen LogP contribution < -0.4 is 5.32 Å². The Balaban J connectivity index is 1.70. The summed E-state index contributed by atoms with van der Waals surface area (Å²) in [6.07, 6.45) is 7.39. The Bertz CT molecular complexity index is 695. The van der Waals surface area contributed by atoms with E-state index in [2.05, 4.69) is 40.4 Å². The molecule has 0 amide bonds. The van der Waals surface area contributed by atoms with Crippen molar-refractivity contribution in [1.29, 1.82) is 0 Å². The summed E-state index contributed by atoms with van der Waals surface area (Å²) in [5.41, 5.74) is 2.54. The summed E-state index contributed by atoms with van der Waals surface area (Å²) in [6, 6.07) is 12.9. The van der Waals surface area contributed by atoms with Gasteiger partial charge in [0.1, 0.15) is 0 Å². The molecule has 2 heterocycles. The summed E-state index contributed by atoms with van der Waals surface area (Å²) in [5, 5.41) is 5.95. The lowest BCUT2D eigenvalue weighted by atomic mass is 10.1. The molecule has 0 radical (unpaired) electrons. The van der Waals surface area contributed by atoms with E-state index < -0.39 is 0 Å². The van der Waals surface area contributed by atoms with Crippen LogP contribution in [-0.4, -0.2) is 9.97 Å². The zero-order valence-corrected chi connectivity index (χ0v) is 11.5. The van der Waals surface area contributed by atoms with E-state index in [-0.39, 0.29) is 0 Å². The van der Waals surface area contributed by atoms with Gasteiger partial charge in [-0.2, -0.15) is 0 Å². The highest BCUT2D eigenvalue weighted by molar-refractivity contribution is 5.81. The van der Waals surface area contributed by atoms with E-state index in [1.807, 2.05) is 43.0 Å². The van der Waals surface area contributed by atoms with Crippen molar-refractivity contribution >= 4 is 10.8 Å². The molecule has 1 aromatic carbocycles. The lowest BCUT2D eigenvalue weighted by Crippen LogP contribution is -2.18. The molecule has 100 valence electrons. The maximum atomic E-state index is 4.13. The van der Waals surface area contributed by atoms with Gasteiger partial charge in [-0.05, 0) is 47.7 Å². The zero-order valence-electron chi connectivity index (χ0n) is 11.5. The van der Waals surface area contributed by atoms with Gasteiger partial charge in [-0.25, -0.2) is 0 Å². The number of hydrogen-bond acceptors (Lipinski definition) is 3. The fraction of sp³-hybridized carbons (Fsp3) is 0.176. The monoisotopic (exact) mass is 263 g/mol. The molecule has 0 spiro atoms. The van der Waals surface area contributed by atoms with Crippen molar-refractivity contribution in [2.24, 2.45) is 0 Å². The predicted molar refractivity (Wildman–Crippen MR) is 81.2 cm³/mol. The topological polar surface area (TPSA) is 37.8 Å². The van der Waals surface area contributed by atoms with Crippen LogP contribution in [0.25, 0.3) is 10.8 Å². The highest BCUT2D eigenvalue weighted by Crippen LogP contribution is 2.16. The SMILES string of the molecule is CC(NCc1ccc2cnccc2c1)c1ccncc1. The molecule has 0 saturated carbocycles. The van der Waals surface area contributed by atoms with Crippen LogP contribution in [0.5, 0.6) is 0 Å². The second-order valence-corrected chi connectivity index (χ2v) is 4.94. The second kappa shape index (κ2) is 5.80. The lowest BCUT2D eigenvalue weighted by Gasteiger charge is -2.14. The van der Waals surface area contributed by atoms with Crippen LogP contribution in [-0.2, 0) is 6.54 Å². The van der Waals surface area contributed by atoms with Gasteiger partial charge in [-0.15, -0.1) is 0 Å². The summed E-state index contributed by atoms with van der Waals surface area (Å²) in [6.45, 7) is 3.02. The van der Waals surface area contributed by atoms with Gasteiger partial charge in [0, 0.05) is 42.8 Å². The molecule has 0 fully saturated rings. The Kier molecular flexibility index (Phi) is 3.70. The molecular weight excluding hydrogens is 246 g/mol. The molecule has 1 atom stereocenters. The number of rotatable bonds is 4. The number of pyridine rings is 2. The van der Waals surface area contributed by atoms with E-state index in [1.165, 1.54) is 21.9 Å². The highest BCUT2D eigenvalue weighted by atomic mass is 14.9. The zero-order chi connectivity index (χ0) is 13.8. The molecule has 0 bridgehead atoms. The van der Waals surface area contributed by atoms with Crippen molar-refractivity contribution in [1.82, 2.24) is 15.3 Å². The van der Waals surface area contributed by atoms with Gasteiger partial charge in [-0.1, -0.05) is 12.1 Å². The van der Waals surface area contributed by atoms with E-state index in [4.69, 9.17) is 0 Å². The number of nitrogens with zero attached hydrogens (tertiary/aromatic N) is 2. The van der Waals surface area contributed by atoms with E-state index in [0.717, 1.165) is 6.54 Å². The van der Waals surface area contributed by atoms with E-state index in [9.17, 15) is 0 Å². The Morgan fingerprint density at radius 2 is 1.75 bits per heavy atom. The molecule has 3 aromatic rings. The Labute approximate surface area is 118 Å². The summed E-state index contributed by atoms with van der Waals surface area (Å²) in [7, 11) is 0. The first-order valence-electron chi connectivity index (χ1n) is 6.79. The fourth-order valence-corrected chi connectivity index (χ4v) is 2.28. The molecule has 0 aliphatic rings. The molecule has 1 N–H and O–H groups in total. The van der Waals surface area contributed by atoms with Crippen molar-refractivity contribution in [2.75, 3.05) is 0 Å². The van der Waals surface area contributed by atoms with Crippen molar-refractivity contribution in [3.8, 4) is 0 Å². The summed E-state index contributed by atoms with van der Waals surface area (Å²) in [4.78, 5) is 8.18. The van der Waals surface area contributed by atoms with Crippen LogP contribution in [0.2, 0.25) is 0 Å². The number of fused-ring (bicyclic) bond motifs is 1. The lowest BCUT2D eigenvalue weighted by molar-refractivity contribution is 0.574. The van der Waals surface area contributed by atoms with E-state index >= 15 is 0 Å². The highest BCUT2D eigenvalue weighted by Gasteiger charge is 2.04. The molecule has 0 aliphatic heterocycles. The number of hydrogen-bond donors (Lipinski definition) is 1. The van der Waals surface area contributed by atoms with Crippen molar-refractivity contribution in [3.63, 3.8) is 0 Å². The van der Waals surface area contributed by atoms with Crippen molar-refractivity contribution in [2.45, 2.75) is 19.5 Å². The standard InChI is InChI=1S/C17H17N3/c1-13(15-4-7-18-8-5-15)20-11-14-2-3-17-12-19-9-6-16(17)10-14/h2-10,12-13,20H,11H2,1H3. The van der Waals surface area contributed by atoms with Gasteiger partial charge in [0.05, 0.1) is 0 Å². The predicted octanol–water partition coefficient (Wildman–Crippen LogP) is 3.48. The maximum Gasteiger partial charge on any atom is 0.0346 e. The molecule has 20 heavy (non-hydrogen) atoms. The van der Waals surface area contributed by atoms with Crippen LogP contribution in [0, 0.1) is 0 Å². The first-order valence-corrected chi connectivity index (χ1v) is 6.79. The maximum absolute atomic E-state index is 4.13. The molecule has 0 saturated heterocycles. The van der Waals surface area contributed by atoms with Gasteiger partial charge in [0.15, 0.2) is 0 Å². The average Bonchev–Trinajstić information content (AvgIpc) is 2.53. The average molecular weight is 263 g/mol. The van der Waals surface area contributed by atoms with Crippen molar-refractivity contribution in [3.05, 3.63) is 72.3 Å². The van der Waals surface area contributed by atoms with Gasteiger partial charge in [0.25, 0.3) is 0 Å². The molecule has 3 heteroatoms. The minimum absolute atomic E-state index is 0.311. The summed E-state index contributed by atoms with van der Waals surface area (Å²) in [5.74, 6) is 0. The Morgan fingerprint density at radius 3 is 2.60 bits per heavy atom. The number of nitrogens with one attached hydrogen (secondary N) is 1. The molecule has 3 nitrogen and oxygen atoms in total. The molecule has 3 rings (SSSR count). The second-order valence-electron chi connectivity index (χ2n) is 4.94. The van der Waals surface area contributed by atoms with Crippen LogP contribution in [0.1, 0.15) is 24.1 Å². The third kappa shape index (κ3) is 2.83. The molecule has 2 aromatic heterocycles. The normalized spacial score (nSPS) is 12.4. The quantitative estimate of drug-likeness (QED) is 0.783. The van der Waals surface area contributed by atoms with Gasteiger partial charge >= 0.3 is 0 Å². The minimum atomic E-state index is 0.311. The Morgan fingerprint density at radius 1 is 0.950 bits per heavy atom. The fourth-order valence-electron chi connectivity index (χ4n) is 2.28. The molecule has 0 aliphatic carbocycles. The van der Waals surface area contributed by atoms with Crippen LogP contribution in [0.3, 0.4) is 0 Å². The van der Waals surface area contributed by atoms with Gasteiger partial charge < -0.3 is 5.32 Å². The van der Waals surface area contributed by atoms with Gasteiger partial charge in [-0.3, -0.25) is 9.97 Å². The number of benzene rings is 1. The minimum Gasteiger partial charge on any atom is -0.306 e. The number of aromatic nitrogens is 2. The van der Waals surface area contributed by atoms with E-state index in [1.54, 1.807) is 0 Å². The van der Waals surface area contributed by atoms with Crippen molar-refractivity contribution < 1.29 is 0 Å². The first kappa shape index (κ1) is 12.8. The van der Waals surface area contributed by atoms with Crippen LogP contribution in [0.4, 0.5) is 0 Å². The van der Waals surface area contributed by atoms with Gasteiger partial charge in [0.2, 0.25) is 0 Å².